The second-order valence-electron chi connectivity index (χ2n) is 3.97. The lowest BCUT2D eigenvalue weighted by atomic mass is 10.2. The van der Waals surface area contributed by atoms with Gasteiger partial charge in [-0.25, -0.2) is 0 Å². The maximum Gasteiger partial charge on any atom is 0.0871 e. The summed E-state index contributed by atoms with van der Waals surface area (Å²) < 4.78 is 1.90. The van der Waals surface area contributed by atoms with E-state index >= 15 is 0 Å². The molecule has 1 aromatic carbocycles. The fourth-order valence-electron chi connectivity index (χ4n) is 1.77. The molecule has 2 rings (SSSR count). The minimum atomic E-state index is 0.585. The Morgan fingerprint density at radius 1 is 1.35 bits per heavy atom. The van der Waals surface area contributed by atoms with Gasteiger partial charge in [0.15, 0.2) is 0 Å². The summed E-state index contributed by atoms with van der Waals surface area (Å²) in [6, 6.07) is 10.1. The van der Waals surface area contributed by atoms with Gasteiger partial charge in [-0.2, -0.15) is 5.10 Å². The summed E-state index contributed by atoms with van der Waals surface area (Å²) in [7, 11) is 0. The molecule has 0 saturated heterocycles. The zero-order chi connectivity index (χ0) is 12.3. The van der Waals surface area contributed by atoms with Gasteiger partial charge in [0.2, 0.25) is 0 Å². The van der Waals surface area contributed by atoms with Gasteiger partial charge in [-0.1, -0.05) is 35.5 Å². The van der Waals surface area contributed by atoms with E-state index in [1.807, 2.05) is 29.8 Å². The van der Waals surface area contributed by atoms with Gasteiger partial charge in [0.05, 0.1) is 18.5 Å². The zero-order valence-electron chi connectivity index (χ0n) is 9.96. The molecule has 0 aliphatic heterocycles. The molecule has 0 aliphatic rings. The number of nitrogens with zero attached hydrogens (tertiary/aromatic N) is 3. The van der Waals surface area contributed by atoms with E-state index in [4.69, 9.17) is 5.21 Å². The maximum absolute atomic E-state index is 8.76. The van der Waals surface area contributed by atoms with Crippen molar-refractivity contribution in [1.82, 2.24) is 9.78 Å². The molecule has 2 aromatic rings. The van der Waals surface area contributed by atoms with E-state index in [0.29, 0.717) is 5.71 Å². The van der Waals surface area contributed by atoms with Crippen LogP contribution in [-0.2, 0) is 6.54 Å². The van der Waals surface area contributed by atoms with Crippen LogP contribution in [0.1, 0.15) is 23.7 Å². The van der Waals surface area contributed by atoms with Gasteiger partial charge in [-0.3, -0.25) is 4.68 Å². The fraction of sp³-hybridized carbons (Fsp3) is 0.231. The van der Waals surface area contributed by atoms with Crippen molar-refractivity contribution in [3.63, 3.8) is 0 Å². The highest BCUT2D eigenvalue weighted by molar-refractivity contribution is 5.98. The predicted molar refractivity (Wildman–Crippen MR) is 66.5 cm³/mol. The van der Waals surface area contributed by atoms with Gasteiger partial charge >= 0.3 is 0 Å². The van der Waals surface area contributed by atoms with Gasteiger partial charge in [0.1, 0.15) is 0 Å². The quantitative estimate of drug-likeness (QED) is 0.499. The normalized spacial score (nSPS) is 11.8. The SMILES string of the molecule is C/C(=N\O)c1cnn(Cc2ccccc2)c1C. The summed E-state index contributed by atoms with van der Waals surface area (Å²) >= 11 is 0. The minimum absolute atomic E-state index is 0.585. The second kappa shape index (κ2) is 4.82. The highest BCUT2D eigenvalue weighted by Crippen LogP contribution is 2.11. The first-order chi connectivity index (χ1) is 8.22. The van der Waals surface area contributed by atoms with Crippen LogP contribution in [0.25, 0.3) is 0 Å². The summed E-state index contributed by atoms with van der Waals surface area (Å²) in [4.78, 5) is 0. The average Bonchev–Trinajstić information content (AvgIpc) is 2.72. The summed E-state index contributed by atoms with van der Waals surface area (Å²) in [5.41, 5.74) is 3.67. The molecule has 1 N–H and O–H groups in total. The molecule has 0 amide bonds. The van der Waals surface area contributed by atoms with Gasteiger partial charge in [-0.15, -0.1) is 0 Å². The molecule has 0 saturated carbocycles. The molecule has 0 aliphatic carbocycles. The van der Waals surface area contributed by atoms with E-state index in [9.17, 15) is 0 Å². The molecule has 0 radical (unpaired) electrons. The van der Waals surface area contributed by atoms with Gasteiger partial charge in [-0.05, 0) is 19.4 Å². The standard InChI is InChI=1S/C13H15N3O/c1-10(15-17)13-8-14-16(11(13)2)9-12-6-4-3-5-7-12/h3-8,17H,9H2,1-2H3/b15-10+. The number of hydrogen-bond donors (Lipinski definition) is 1. The highest BCUT2D eigenvalue weighted by Gasteiger charge is 2.09. The van der Waals surface area contributed by atoms with Crippen molar-refractivity contribution in [1.29, 1.82) is 0 Å². The van der Waals surface area contributed by atoms with E-state index in [0.717, 1.165) is 17.8 Å². The van der Waals surface area contributed by atoms with Gasteiger partial charge in [0, 0.05) is 11.3 Å². The first kappa shape index (κ1) is 11.4. The third-order valence-corrected chi connectivity index (χ3v) is 2.82. The molecule has 0 atom stereocenters. The summed E-state index contributed by atoms with van der Waals surface area (Å²) in [5.74, 6) is 0. The van der Waals surface area contributed by atoms with Crippen LogP contribution in [-0.4, -0.2) is 20.7 Å². The van der Waals surface area contributed by atoms with Crippen molar-refractivity contribution in [2.75, 3.05) is 0 Å². The van der Waals surface area contributed by atoms with Crippen LogP contribution in [0.3, 0.4) is 0 Å². The van der Waals surface area contributed by atoms with Crippen molar-refractivity contribution in [2.24, 2.45) is 5.16 Å². The van der Waals surface area contributed by atoms with E-state index in [2.05, 4.69) is 22.4 Å². The number of aromatic nitrogens is 2. The first-order valence-electron chi connectivity index (χ1n) is 5.47. The Balaban J connectivity index is 2.27. The molecule has 17 heavy (non-hydrogen) atoms. The van der Waals surface area contributed by atoms with Crippen molar-refractivity contribution >= 4 is 5.71 Å². The first-order valence-corrected chi connectivity index (χ1v) is 5.47. The number of benzene rings is 1. The third-order valence-electron chi connectivity index (χ3n) is 2.82. The smallest absolute Gasteiger partial charge is 0.0871 e. The van der Waals surface area contributed by atoms with Crippen molar-refractivity contribution in [2.45, 2.75) is 20.4 Å². The van der Waals surface area contributed by atoms with Crippen LogP contribution < -0.4 is 0 Å². The van der Waals surface area contributed by atoms with Crippen molar-refractivity contribution < 1.29 is 5.21 Å². The molecule has 4 nitrogen and oxygen atoms in total. The molecular weight excluding hydrogens is 214 g/mol. The molecular formula is C13H15N3O. The lowest BCUT2D eigenvalue weighted by Crippen LogP contribution is -2.05. The van der Waals surface area contributed by atoms with Crippen molar-refractivity contribution in [3.8, 4) is 0 Å². The minimum Gasteiger partial charge on any atom is -0.411 e. The number of oxime groups is 1. The summed E-state index contributed by atoms with van der Waals surface area (Å²) in [5, 5.41) is 16.3. The molecule has 1 aromatic heterocycles. The molecule has 4 heteroatoms. The van der Waals surface area contributed by atoms with Crippen molar-refractivity contribution in [3.05, 3.63) is 53.3 Å². The lowest BCUT2D eigenvalue weighted by Gasteiger charge is -2.05. The Bertz CT molecular complexity index is 529. The van der Waals surface area contributed by atoms with Crippen LogP contribution in [0.15, 0.2) is 41.7 Å². The summed E-state index contributed by atoms with van der Waals surface area (Å²) in [6.45, 7) is 4.46. The average molecular weight is 229 g/mol. The topological polar surface area (TPSA) is 50.4 Å². The molecule has 0 fully saturated rings. The van der Waals surface area contributed by atoms with Gasteiger partial charge < -0.3 is 5.21 Å². The predicted octanol–water partition coefficient (Wildman–Crippen LogP) is 2.44. The highest BCUT2D eigenvalue weighted by atomic mass is 16.4. The van der Waals surface area contributed by atoms with Crippen LogP contribution in [0.4, 0.5) is 0 Å². The van der Waals surface area contributed by atoms with Crippen LogP contribution in [0.2, 0.25) is 0 Å². The Kier molecular flexibility index (Phi) is 3.23. The number of rotatable bonds is 3. The van der Waals surface area contributed by atoms with E-state index < -0.39 is 0 Å². The van der Waals surface area contributed by atoms with E-state index in [-0.39, 0.29) is 0 Å². The Morgan fingerprint density at radius 2 is 2.06 bits per heavy atom. The Labute approximate surface area is 100 Å². The second-order valence-corrected chi connectivity index (χ2v) is 3.97. The summed E-state index contributed by atoms with van der Waals surface area (Å²) in [6.07, 6.45) is 1.73. The molecule has 0 spiro atoms. The van der Waals surface area contributed by atoms with E-state index in [1.165, 1.54) is 5.56 Å². The molecule has 1 heterocycles. The molecule has 88 valence electrons. The monoisotopic (exact) mass is 229 g/mol. The fourth-order valence-corrected chi connectivity index (χ4v) is 1.77. The molecule has 0 bridgehead atoms. The van der Waals surface area contributed by atoms with Gasteiger partial charge in [0.25, 0.3) is 0 Å². The Hall–Kier alpha value is -2.10. The van der Waals surface area contributed by atoms with Crippen LogP contribution in [0.5, 0.6) is 0 Å². The molecule has 0 unspecified atom stereocenters. The van der Waals surface area contributed by atoms with Crippen LogP contribution >= 0.6 is 0 Å². The Morgan fingerprint density at radius 3 is 2.71 bits per heavy atom. The lowest BCUT2D eigenvalue weighted by molar-refractivity contribution is 0.319. The van der Waals surface area contributed by atoms with Crippen LogP contribution in [0, 0.1) is 6.92 Å². The largest absolute Gasteiger partial charge is 0.411 e. The maximum atomic E-state index is 8.76. The zero-order valence-corrected chi connectivity index (χ0v) is 9.96. The third kappa shape index (κ3) is 2.36. The number of hydrogen-bond acceptors (Lipinski definition) is 3. The van der Waals surface area contributed by atoms with E-state index in [1.54, 1.807) is 13.1 Å².